The van der Waals surface area contributed by atoms with Crippen molar-refractivity contribution in [2.24, 2.45) is 5.73 Å². The van der Waals surface area contributed by atoms with Gasteiger partial charge in [0.15, 0.2) is 0 Å². The molecule has 0 aliphatic rings. The molecule has 1 rings (SSSR count). The summed E-state index contributed by atoms with van der Waals surface area (Å²) in [6, 6.07) is 4.44. The van der Waals surface area contributed by atoms with E-state index in [1.165, 1.54) is 12.1 Å². The lowest BCUT2D eigenvalue weighted by molar-refractivity contribution is 0.625. The molecule has 0 saturated carbocycles. The average molecular weight is 215 g/mol. The molecule has 4 heteroatoms. The minimum atomic E-state index is -0.920. The lowest BCUT2D eigenvalue weighted by atomic mass is 10.1. The number of hydrogen-bond acceptors (Lipinski definition) is 2. The zero-order valence-corrected chi connectivity index (χ0v) is 8.94. The Morgan fingerprint density at radius 3 is 2.71 bits per heavy atom. The van der Waals surface area contributed by atoms with Gasteiger partial charge in [0.2, 0.25) is 0 Å². The van der Waals surface area contributed by atoms with Gasteiger partial charge in [-0.25, -0.2) is 4.39 Å². The first kappa shape index (κ1) is 11.3. The molecule has 14 heavy (non-hydrogen) atoms. The van der Waals surface area contributed by atoms with Crippen molar-refractivity contribution in [1.29, 1.82) is 0 Å². The standard InChI is InChI=1S/C10H14FNOS/c1-2-14(13)7-9-5-10(11)4-3-8(9)6-12/h3-5H,2,6-7,12H2,1H3. The molecule has 1 aromatic rings. The largest absolute Gasteiger partial charge is 0.326 e. The van der Waals surface area contributed by atoms with Gasteiger partial charge >= 0.3 is 0 Å². The van der Waals surface area contributed by atoms with E-state index in [2.05, 4.69) is 0 Å². The molecule has 0 aromatic heterocycles. The Hall–Kier alpha value is -0.740. The molecule has 0 saturated heterocycles. The van der Waals surface area contributed by atoms with Crippen LogP contribution in [0.25, 0.3) is 0 Å². The molecule has 2 N–H and O–H groups in total. The predicted octanol–water partition coefficient (Wildman–Crippen LogP) is 1.55. The van der Waals surface area contributed by atoms with Gasteiger partial charge in [0, 0.05) is 28.9 Å². The van der Waals surface area contributed by atoms with Gasteiger partial charge in [0.05, 0.1) is 0 Å². The Bertz CT molecular complexity index is 341. The summed E-state index contributed by atoms with van der Waals surface area (Å²) < 4.78 is 24.2. The fraction of sp³-hybridized carbons (Fsp3) is 0.400. The first-order valence-corrected chi connectivity index (χ1v) is 5.98. The third-order valence-electron chi connectivity index (χ3n) is 2.03. The van der Waals surface area contributed by atoms with E-state index in [0.29, 0.717) is 18.1 Å². The van der Waals surface area contributed by atoms with Crippen LogP contribution in [0.4, 0.5) is 4.39 Å². The summed E-state index contributed by atoms with van der Waals surface area (Å²) in [5, 5.41) is 0. The SMILES string of the molecule is CCS(=O)Cc1cc(F)ccc1CN. The van der Waals surface area contributed by atoms with Crippen molar-refractivity contribution in [3.63, 3.8) is 0 Å². The first-order chi connectivity index (χ1) is 6.67. The first-order valence-electron chi connectivity index (χ1n) is 4.49. The molecule has 1 aromatic carbocycles. The molecule has 0 heterocycles. The van der Waals surface area contributed by atoms with Crippen LogP contribution in [-0.4, -0.2) is 9.96 Å². The van der Waals surface area contributed by atoms with Crippen molar-refractivity contribution < 1.29 is 8.60 Å². The number of hydrogen-bond donors (Lipinski definition) is 1. The lowest BCUT2D eigenvalue weighted by Gasteiger charge is -2.06. The van der Waals surface area contributed by atoms with Crippen LogP contribution in [0.1, 0.15) is 18.1 Å². The highest BCUT2D eigenvalue weighted by molar-refractivity contribution is 7.84. The quantitative estimate of drug-likeness (QED) is 0.828. The Morgan fingerprint density at radius 1 is 1.43 bits per heavy atom. The maximum atomic E-state index is 12.9. The van der Waals surface area contributed by atoms with Crippen molar-refractivity contribution in [3.8, 4) is 0 Å². The predicted molar refractivity (Wildman–Crippen MR) is 56.7 cm³/mol. The number of nitrogens with two attached hydrogens (primary N) is 1. The molecule has 0 amide bonds. The van der Waals surface area contributed by atoms with Gasteiger partial charge in [-0.3, -0.25) is 4.21 Å². The molecular weight excluding hydrogens is 201 g/mol. The second kappa shape index (κ2) is 5.22. The van der Waals surface area contributed by atoms with Crippen LogP contribution in [0.15, 0.2) is 18.2 Å². The van der Waals surface area contributed by atoms with Gasteiger partial charge in [-0.05, 0) is 23.3 Å². The number of halogens is 1. The molecular formula is C10H14FNOS. The van der Waals surface area contributed by atoms with E-state index in [1.807, 2.05) is 6.92 Å². The summed E-state index contributed by atoms with van der Waals surface area (Å²) in [5.41, 5.74) is 7.12. The van der Waals surface area contributed by atoms with Crippen molar-refractivity contribution in [3.05, 3.63) is 35.1 Å². The van der Waals surface area contributed by atoms with Crippen LogP contribution in [0.2, 0.25) is 0 Å². The summed E-state index contributed by atoms with van der Waals surface area (Å²) in [6.45, 7) is 2.20. The summed E-state index contributed by atoms with van der Waals surface area (Å²) >= 11 is 0. The second-order valence-corrected chi connectivity index (χ2v) is 4.74. The van der Waals surface area contributed by atoms with E-state index in [-0.39, 0.29) is 5.82 Å². The van der Waals surface area contributed by atoms with Crippen molar-refractivity contribution in [1.82, 2.24) is 0 Å². The van der Waals surface area contributed by atoms with Gasteiger partial charge in [0.25, 0.3) is 0 Å². The van der Waals surface area contributed by atoms with Crippen LogP contribution in [0.3, 0.4) is 0 Å². The third kappa shape index (κ3) is 2.89. The summed E-state index contributed by atoms with van der Waals surface area (Å²) in [5.74, 6) is 0.673. The highest BCUT2D eigenvalue weighted by Crippen LogP contribution is 2.13. The molecule has 2 nitrogen and oxygen atoms in total. The van der Waals surface area contributed by atoms with Gasteiger partial charge in [-0.15, -0.1) is 0 Å². The summed E-state index contributed by atoms with van der Waals surface area (Å²) in [7, 11) is -0.920. The zero-order chi connectivity index (χ0) is 10.6. The van der Waals surface area contributed by atoms with Crippen molar-refractivity contribution in [2.75, 3.05) is 5.75 Å². The Balaban J connectivity index is 2.93. The molecule has 0 bridgehead atoms. The smallest absolute Gasteiger partial charge is 0.123 e. The van der Waals surface area contributed by atoms with E-state index in [4.69, 9.17) is 5.73 Å². The maximum absolute atomic E-state index is 12.9. The third-order valence-corrected chi connectivity index (χ3v) is 3.30. The van der Waals surface area contributed by atoms with Crippen molar-refractivity contribution in [2.45, 2.75) is 19.2 Å². The minimum Gasteiger partial charge on any atom is -0.326 e. The zero-order valence-electron chi connectivity index (χ0n) is 8.13. The molecule has 0 spiro atoms. The number of benzene rings is 1. The highest BCUT2D eigenvalue weighted by Gasteiger charge is 2.05. The monoisotopic (exact) mass is 215 g/mol. The Labute approximate surface area is 85.8 Å². The Kier molecular flexibility index (Phi) is 4.22. The minimum absolute atomic E-state index is 0.301. The van der Waals surface area contributed by atoms with E-state index >= 15 is 0 Å². The normalized spacial score (nSPS) is 12.8. The average Bonchev–Trinajstić information content (AvgIpc) is 2.18. The molecule has 1 atom stereocenters. The topological polar surface area (TPSA) is 43.1 Å². The van der Waals surface area contributed by atoms with Crippen LogP contribution in [-0.2, 0) is 23.1 Å². The van der Waals surface area contributed by atoms with Crippen LogP contribution in [0.5, 0.6) is 0 Å². The molecule has 0 aliphatic heterocycles. The van der Waals surface area contributed by atoms with E-state index < -0.39 is 10.8 Å². The van der Waals surface area contributed by atoms with Crippen LogP contribution < -0.4 is 5.73 Å². The van der Waals surface area contributed by atoms with Crippen LogP contribution in [0, 0.1) is 5.82 Å². The van der Waals surface area contributed by atoms with E-state index in [9.17, 15) is 8.60 Å². The molecule has 0 radical (unpaired) electrons. The second-order valence-electron chi connectivity index (χ2n) is 2.99. The van der Waals surface area contributed by atoms with Crippen LogP contribution >= 0.6 is 0 Å². The Morgan fingerprint density at radius 2 is 2.14 bits per heavy atom. The van der Waals surface area contributed by atoms with Gasteiger partial charge < -0.3 is 5.73 Å². The highest BCUT2D eigenvalue weighted by atomic mass is 32.2. The fourth-order valence-electron chi connectivity index (χ4n) is 1.20. The summed E-state index contributed by atoms with van der Waals surface area (Å²) in [4.78, 5) is 0. The molecule has 78 valence electrons. The number of rotatable bonds is 4. The van der Waals surface area contributed by atoms with Gasteiger partial charge in [0.1, 0.15) is 5.82 Å². The lowest BCUT2D eigenvalue weighted by Crippen LogP contribution is -2.05. The maximum Gasteiger partial charge on any atom is 0.123 e. The van der Waals surface area contributed by atoms with Crippen molar-refractivity contribution >= 4 is 10.8 Å². The van der Waals surface area contributed by atoms with E-state index in [1.54, 1.807) is 6.07 Å². The van der Waals surface area contributed by atoms with E-state index in [0.717, 1.165) is 11.1 Å². The molecule has 0 aliphatic carbocycles. The van der Waals surface area contributed by atoms with Gasteiger partial charge in [-0.2, -0.15) is 0 Å². The fourth-order valence-corrected chi connectivity index (χ4v) is 2.02. The molecule has 0 fully saturated rings. The molecule has 1 unspecified atom stereocenters. The van der Waals surface area contributed by atoms with Gasteiger partial charge in [-0.1, -0.05) is 13.0 Å². The summed E-state index contributed by atoms with van der Waals surface area (Å²) in [6.07, 6.45) is 0.